The minimum atomic E-state index is -1.34. The average molecular weight is 880 g/mol. The van der Waals surface area contributed by atoms with Gasteiger partial charge in [0.05, 0.1) is 28.6 Å². The number of carboxylic acid groups (broad SMARTS) is 5. The molecule has 6 rings (SSSR count). The molecule has 0 aromatic heterocycles. The molecule has 64 heavy (non-hydrogen) atoms. The summed E-state index contributed by atoms with van der Waals surface area (Å²) in [5.74, 6) is -6.91. The molecule has 17 nitrogen and oxygen atoms in total. The van der Waals surface area contributed by atoms with Crippen molar-refractivity contribution in [2.24, 2.45) is 0 Å². The highest BCUT2D eigenvalue weighted by atomic mass is 19.1. The second-order valence-electron chi connectivity index (χ2n) is 14.9. The number of nitrogens with zero attached hydrogens (tertiary/aromatic N) is 4. The highest BCUT2D eigenvalue weighted by Gasteiger charge is 2.26. The third-order valence-corrected chi connectivity index (χ3v) is 10.0. The Bertz CT molecular complexity index is 2800. The molecular formula is C46H44FN4O13+. The zero-order valence-corrected chi connectivity index (χ0v) is 35.1. The lowest BCUT2D eigenvalue weighted by molar-refractivity contribution is -0.138. The summed E-state index contributed by atoms with van der Waals surface area (Å²) in [6.07, 6.45) is 0. The minimum Gasteiger partial charge on any atom is -0.488 e. The Balaban J connectivity index is 1.48. The fraction of sp³-hybridized carbons (Fsp3) is 0.217. The molecule has 0 saturated carbocycles. The number of hydrogen-bond acceptors (Lipinski definition) is 11. The largest absolute Gasteiger partial charge is 0.488 e. The maximum absolute atomic E-state index is 14.4. The molecule has 0 unspecified atom stereocenters. The Kier molecular flexibility index (Phi) is 13.7. The molecule has 0 bridgehead atoms. The summed E-state index contributed by atoms with van der Waals surface area (Å²) < 4.78 is 34.6. The molecule has 1 aliphatic heterocycles. The molecule has 0 amide bonds. The van der Waals surface area contributed by atoms with Gasteiger partial charge in [-0.05, 0) is 59.7 Å². The number of ether oxygens (including phenoxy) is 2. The molecule has 0 saturated heterocycles. The van der Waals surface area contributed by atoms with Gasteiger partial charge < -0.3 is 54.1 Å². The van der Waals surface area contributed by atoms with Crippen LogP contribution >= 0.6 is 0 Å². The first-order valence-electron chi connectivity index (χ1n) is 19.5. The van der Waals surface area contributed by atoms with Gasteiger partial charge in [0, 0.05) is 48.4 Å². The Morgan fingerprint density at radius 1 is 0.641 bits per heavy atom. The van der Waals surface area contributed by atoms with E-state index in [0.717, 1.165) is 27.6 Å². The third kappa shape index (κ3) is 10.3. The highest BCUT2D eigenvalue weighted by Crippen LogP contribution is 2.44. The quantitative estimate of drug-likeness (QED) is 0.0399. The summed E-state index contributed by atoms with van der Waals surface area (Å²) in [7, 11) is 7.39. The number of aliphatic carboxylic acids is 4. The predicted molar refractivity (Wildman–Crippen MR) is 234 cm³/mol. The Labute approximate surface area is 364 Å². The standard InChI is InChI=1S/C46H43FN4O13/c1-48(2)28-11-12-31-38(19-28)64-39-21-35(49(3)4)32(20-33(39)45(31)29-7-5-6-8-30(29)46(60)61)26-9-14-37(36(17-26)51(24-43(56)57)25-44(58)59)62-15-16-63-40-18-27(47)10-13-34(40)50(22-41(52)53)23-42(54)55/h5-14,17-21H,15-16,22-25H2,1-4H3,(H4-,52,53,54,55,56,57,58,59,60,61)/p+1. The van der Waals surface area contributed by atoms with E-state index in [4.69, 9.17) is 13.9 Å². The molecule has 1 aliphatic carbocycles. The summed E-state index contributed by atoms with van der Waals surface area (Å²) in [5, 5.41) is 50.1. The maximum Gasteiger partial charge on any atom is 0.336 e. The van der Waals surface area contributed by atoms with Crippen LogP contribution in [-0.4, -0.2) is 123 Å². The van der Waals surface area contributed by atoms with Crippen LogP contribution in [0.1, 0.15) is 10.4 Å². The number of benzene rings is 5. The number of halogens is 1. The average Bonchev–Trinajstić information content (AvgIpc) is 3.22. The van der Waals surface area contributed by atoms with Gasteiger partial charge in [0.25, 0.3) is 0 Å². The fourth-order valence-electron chi connectivity index (χ4n) is 7.30. The molecule has 4 aromatic rings. The van der Waals surface area contributed by atoms with Crippen LogP contribution in [0.25, 0.3) is 44.5 Å². The van der Waals surface area contributed by atoms with Crippen molar-refractivity contribution in [1.29, 1.82) is 0 Å². The van der Waals surface area contributed by atoms with Crippen molar-refractivity contribution < 1.29 is 67.8 Å². The topological polar surface area (TPSA) is 231 Å². The van der Waals surface area contributed by atoms with E-state index in [0.29, 0.717) is 49.9 Å². The van der Waals surface area contributed by atoms with Gasteiger partial charge in [-0.15, -0.1) is 0 Å². The van der Waals surface area contributed by atoms with Crippen molar-refractivity contribution in [3.8, 4) is 45.1 Å². The Morgan fingerprint density at radius 2 is 1.25 bits per heavy atom. The first-order valence-corrected chi connectivity index (χ1v) is 19.5. The molecule has 0 atom stereocenters. The van der Waals surface area contributed by atoms with Gasteiger partial charge in [-0.3, -0.25) is 19.2 Å². The number of carbonyl (C=O) groups is 5. The molecular weight excluding hydrogens is 836 g/mol. The van der Waals surface area contributed by atoms with Crippen molar-refractivity contribution in [1.82, 2.24) is 4.58 Å². The number of aromatic carboxylic acids is 1. The first kappa shape index (κ1) is 45.4. The third-order valence-electron chi connectivity index (χ3n) is 10.0. The van der Waals surface area contributed by atoms with Gasteiger partial charge in [0.2, 0.25) is 5.36 Å². The van der Waals surface area contributed by atoms with E-state index < -0.39 is 61.8 Å². The summed E-state index contributed by atoms with van der Waals surface area (Å²) >= 11 is 0. The van der Waals surface area contributed by atoms with Gasteiger partial charge in [0.1, 0.15) is 82.1 Å². The van der Waals surface area contributed by atoms with Crippen LogP contribution < -0.4 is 34.1 Å². The fourth-order valence-corrected chi connectivity index (χ4v) is 7.30. The zero-order valence-electron chi connectivity index (χ0n) is 35.1. The second kappa shape index (κ2) is 19.3. The van der Waals surface area contributed by atoms with E-state index in [1.807, 2.05) is 68.0 Å². The maximum atomic E-state index is 14.4. The Morgan fingerprint density at radius 3 is 1.84 bits per heavy atom. The van der Waals surface area contributed by atoms with Crippen LogP contribution in [0.3, 0.4) is 0 Å². The highest BCUT2D eigenvalue weighted by molar-refractivity contribution is 6.08. The zero-order chi connectivity index (χ0) is 46.4. The van der Waals surface area contributed by atoms with Gasteiger partial charge in [0.15, 0.2) is 0 Å². The van der Waals surface area contributed by atoms with Gasteiger partial charge in [-0.2, -0.15) is 0 Å². The SMILES string of the molecule is CN(C)c1ccc2c(-c3ccccc3C(=O)O)c3cc(-c4ccc(OCCOc5cc(F)ccc5N(CC(=O)O)CC(=O)O)c(N(CC(=O)O)CC(=O)O)c4)c(=[N+](C)C)cc-3oc2c1. The van der Waals surface area contributed by atoms with Gasteiger partial charge in [-0.1, -0.05) is 24.3 Å². The van der Waals surface area contributed by atoms with Crippen LogP contribution in [0.2, 0.25) is 0 Å². The van der Waals surface area contributed by atoms with E-state index in [1.54, 1.807) is 30.3 Å². The molecule has 0 radical (unpaired) electrons. The molecule has 0 spiro atoms. The lowest BCUT2D eigenvalue weighted by Crippen LogP contribution is -2.35. The van der Waals surface area contributed by atoms with Crippen LogP contribution in [0.15, 0.2) is 95.4 Å². The Hall–Kier alpha value is -8.15. The monoisotopic (exact) mass is 879 g/mol. The molecule has 0 fully saturated rings. The molecule has 5 N–H and O–H groups in total. The van der Waals surface area contributed by atoms with Gasteiger partial charge >= 0.3 is 29.8 Å². The summed E-state index contributed by atoms with van der Waals surface area (Å²) in [5.41, 5.74) is 4.12. The summed E-state index contributed by atoms with van der Waals surface area (Å²) in [6, 6.07) is 23.8. The van der Waals surface area contributed by atoms with Crippen LogP contribution in [0, 0.1) is 5.82 Å². The number of fused-ring (bicyclic) bond motifs is 2. The number of anilines is 3. The van der Waals surface area contributed by atoms with E-state index in [1.165, 1.54) is 18.2 Å². The molecule has 4 aromatic carbocycles. The lowest BCUT2D eigenvalue weighted by atomic mass is 9.88. The smallest absolute Gasteiger partial charge is 0.336 e. The minimum absolute atomic E-state index is 0.00821. The molecule has 18 heteroatoms. The molecule has 332 valence electrons. The molecule has 1 heterocycles. The van der Waals surface area contributed by atoms with Crippen molar-refractivity contribution in [3.05, 3.63) is 108 Å². The number of rotatable bonds is 19. The summed E-state index contributed by atoms with van der Waals surface area (Å²) in [4.78, 5) is 63.9. The number of carboxylic acids is 5. The van der Waals surface area contributed by atoms with E-state index in [-0.39, 0.29) is 41.7 Å². The van der Waals surface area contributed by atoms with Crippen molar-refractivity contribution in [3.63, 3.8) is 0 Å². The van der Waals surface area contributed by atoms with Crippen LogP contribution in [-0.2, 0) is 19.2 Å². The second-order valence-corrected chi connectivity index (χ2v) is 14.9. The van der Waals surface area contributed by atoms with Gasteiger partial charge in [-0.25, -0.2) is 13.8 Å². The normalized spacial score (nSPS) is 11.0. The van der Waals surface area contributed by atoms with E-state index in [2.05, 4.69) is 0 Å². The first-order chi connectivity index (χ1) is 30.4. The van der Waals surface area contributed by atoms with Crippen LogP contribution in [0.4, 0.5) is 21.5 Å². The van der Waals surface area contributed by atoms with E-state index >= 15 is 0 Å². The lowest BCUT2D eigenvalue weighted by Gasteiger charge is -2.25. The summed E-state index contributed by atoms with van der Waals surface area (Å²) in [6.45, 7) is -3.51. The van der Waals surface area contributed by atoms with Crippen LogP contribution in [0.5, 0.6) is 11.5 Å². The van der Waals surface area contributed by atoms with E-state index in [9.17, 15) is 53.9 Å². The van der Waals surface area contributed by atoms with Crippen molar-refractivity contribution in [2.45, 2.75) is 0 Å². The van der Waals surface area contributed by atoms with Crippen molar-refractivity contribution in [2.75, 3.05) is 82.3 Å². The van der Waals surface area contributed by atoms with Crippen molar-refractivity contribution >= 4 is 57.9 Å². The predicted octanol–water partition coefficient (Wildman–Crippen LogP) is 5.22. The number of hydrogen-bond donors (Lipinski definition) is 5. The molecule has 2 aliphatic rings.